The van der Waals surface area contributed by atoms with Crippen molar-refractivity contribution in [1.29, 1.82) is 0 Å². The number of ether oxygens (including phenoxy) is 1. The van der Waals surface area contributed by atoms with Crippen LogP contribution in [0, 0.1) is 10.1 Å². The van der Waals surface area contributed by atoms with Crippen molar-refractivity contribution in [2.24, 2.45) is 0 Å². The smallest absolute Gasteiger partial charge is 0.412 e. The minimum Gasteiger partial charge on any atom is -0.444 e. The summed E-state index contributed by atoms with van der Waals surface area (Å²) in [5, 5.41) is 13.1. The van der Waals surface area contributed by atoms with E-state index < -0.39 is 11.0 Å². The fraction of sp³-hybridized carbons (Fsp3) is 0.0769. The number of aromatic nitrogens is 1. The number of nitrogens with one attached hydrogen (secondary N) is 1. The summed E-state index contributed by atoms with van der Waals surface area (Å²) >= 11 is 5.65. The van der Waals surface area contributed by atoms with Crippen LogP contribution in [0.2, 0.25) is 5.15 Å². The van der Waals surface area contributed by atoms with E-state index in [1.165, 1.54) is 6.07 Å². The number of hydrogen-bond donors (Lipinski definition) is 1. The molecule has 0 bridgehead atoms. The molecule has 0 atom stereocenters. The van der Waals surface area contributed by atoms with Crippen LogP contribution in [-0.4, -0.2) is 16.0 Å². The molecule has 8 heteroatoms. The van der Waals surface area contributed by atoms with E-state index in [0.717, 1.165) is 11.8 Å². The topological polar surface area (TPSA) is 94.4 Å². The Labute approximate surface area is 124 Å². The zero-order valence-electron chi connectivity index (χ0n) is 10.7. The van der Waals surface area contributed by atoms with Crippen molar-refractivity contribution < 1.29 is 14.5 Å². The second-order valence-electron chi connectivity index (χ2n) is 3.97. The van der Waals surface area contributed by atoms with Crippen molar-refractivity contribution in [1.82, 2.24) is 4.98 Å². The summed E-state index contributed by atoms with van der Waals surface area (Å²) in [5.74, 6) is 0. The van der Waals surface area contributed by atoms with Crippen LogP contribution in [0.3, 0.4) is 0 Å². The number of pyridine rings is 1. The van der Waals surface area contributed by atoms with Gasteiger partial charge >= 0.3 is 11.8 Å². The van der Waals surface area contributed by atoms with Gasteiger partial charge in [-0.05, 0) is 5.56 Å². The van der Waals surface area contributed by atoms with Crippen LogP contribution >= 0.6 is 11.6 Å². The molecule has 2 rings (SSSR count). The number of carbonyl (C=O) groups excluding carboxylic acids is 1. The molecular weight excluding hydrogens is 298 g/mol. The van der Waals surface area contributed by atoms with Crippen molar-refractivity contribution >= 4 is 29.1 Å². The first kappa shape index (κ1) is 14.7. The number of nitrogens with zero attached hydrogens (tertiary/aromatic N) is 2. The number of rotatable bonds is 4. The lowest BCUT2D eigenvalue weighted by atomic mass is 10.2. The van der Waals surface area contributed by atoms with Crippen LogP contribution in [0.15, 0.2) is 42.6 Å². The van der Waals surface area contributed by atoms with Crippen molar-refractivity contribution in [2.45, 2.75) is 6.61 Å². The molecule has 0 spiro atoms. The lowest BCUT2D eigenvalue weighted by Crippen LogP contribution is -2.14. The quantitative estimate of drug-likeness (QED) is 0.530. The lowest BCUT2D eigenvalue weighted by Gasteiger charge is -2.07. The van der Waals surface area contributed by atoms with Gasteiger partial charge in [-0.2, -0.15) is 0 Å². The van der Waals surface area contributed by atoms with E-state index in [0.29, 0.717) is 0 Å². The van der Waals surface area contributed by atoms with Gasteiger partial charge in [-0.3, -0.25) is 15.4 Å². The summed E-state index contributed by atoms with van der Waals surface area (Å²) in [6, 6.07) is 10.2. The molecule has 108 valence electrons. The summed E-state index contributed by atoms with van der Waals surface area (Å²) < 4.78 is 4.97. The number of carbonyl (C=O) groups is 1. The van der Waals surface area contributed by atoms with Gasteiger partial charge < -0.3 is 4.74 Å². The molecule has 0 fully saturated rings. The van der Waals surface area contributed by atoms with Gasteiger partial charge in [0.05, 0.1) is 4.92 Å². The zero-order valence-corrected chi connectivity index (χ0v) is 11.4. The van der Waals surface area contributed by atoms with Gasteiger partial charge in [-0.25, -0.2) is 9.78 Å². The first-order valence-corrected chi connectivity index (χ1v) is 6.21. The largest absolute Gasteiger partial charge is 0.444 e. The molecule has 1 N–H and O–H groups in total. The molecule has 0 aliphatic heterocycles. The van der Waals surface area contributed by atoms with E-state index in [2.05, 4.69) is 10.3 Å². The zero-order chi connectivity index (χ0) is 15.2. The van der Waals surface area contributed by atoms with Gasteiger partial charge in [-0.1, -0.05) is 41.9 Å². The Morgan fingerprint density at radius 1 is 1.38 bits per heavy atom. The van der Waals surface area contributed by atoms with Gasteiger partial charge in [-0.15, -0.1) is 0 Å². The van der Waals surface area contributed by atoms with Crippen molar-refractivity contribution in [2.75, 3.05) is 5.32 Å². The predicted octanol–water partition coefficient (Wildman–Crippen LogP) is 3.39. The minimum absolute atomic E-state index is 0.0268. The number of anilines is 1. The minimum atomic E-state index is -0.816. The number of halogens is 1. The average Bonchev–Trinajstić information content (AvgIpc) is 2.46. The third kappa shape index (κ3) is 4.15. The number of benzene rings is 1. The SMILES string of the molecule is O=C(Nc1cc(Cl)ncc1[N+](=O)[O-])OCc1ccccc1. The molecule has 7 nitrogen and oxygen atoms in total. The Kier molecular flexibility index (Phi) is 4.68. The maximum absolute atomic E-state index is 11.7. The second kappa shape index (κ2) is 6.67. The Hall–Kier alpha value is -2.67. The Morgan fingerprint density at radius 3 is 2.76 bits per heavy atom. The van der Waals surface area contributed by atoms with Crippen LogP contribution < -0.4 is 5.32 Å². The monoisotopic (exact) mass is 307 g/mol. The van der Waals surface area contributed by atoms with Crippen LogP contribution in [0.25, 0.3) is 0 Å². The van der Waals surface area contributed by atoms with Crippen LogP contribution in [0.4, 0.5) is 16.2 Å². The third-order valence-electron chi connectivity index (χ3n) is 2.50. The standard InChI is InChI=1S/C13H10ClN3O4/c14-12-6-10(11(7-15-12)17(19)20)16-13(18)21-8-9-4-2-1-3-5-9/h1-7H,8H2,(H,15,16,18). The van der Waals surface area contributed by atoms with Crippen LogP contribution in [0.1, 0.15) is 5.56 Å². The summed E-state index contributed by atoms with van der Waals surface area (Å²) in [6.45, 7) is 0.0548. The molecule has 0 saturated heterocycles. The summed E-state index contributed by atoms with van der Waals surface area (Å²) in [5.41, 5.74) is 0.365. The first-order valence-electron chi connectivity index (χ1n) is 5.84. The van der Waals surface area contributed by atoms with Gasteiger partial charge in [0.15, 0.2) is 0 Å². The van der Waals surface area contributed by atoms with Crippen LogP contribution in [0.5, 0.6) is 0 Å². The van der Waals surface area contributed by atoms with Crippen molar-refractivity contribution in [3.8, 4) is 0 Å². The highest BCUT2D eigenvalue weighted by atomic mass is 35.5. The van der Waals surface area contributed by atoms with Gasteiger partial charge in [0, 0.05) is 6.07 Å². The normalized spacial score (nSPS) is 9.95. The molecule has 1 amide bonds. The molecule has 0 saturated carbocycles. The molecule has 1 heterocycles. The average molecular weight is 308 g/mol. The second-order valence-corrected chi connectivity index (χ2v) is 4.36. The van der Waals surface area contributed by atoms with Gasteiger partial charge in [0.2, 0.25) is 0 Å². The summed E-state index contributed by atoms with van der Waals surface area (Å²) in [4.78, 5) is 25.4. The molecule has 1 aromatic carbocycles. The maximum Gasteiger partial charge on any atom is 0.412 e. The molecule has 21 heavy (non-hydrogen) atoms. The van der Waals surface area contributed by atoms with Gasteiger partial charge in [0.1, 0.15) is 23.6 Å². The highest BCUT2D eigenvalue weighted by Gasteiger charge is 2.17. The molecule has 2 aromatic rings. The van der Waals surface area contributed by atoms with Gasteiger partial charge in [0.25, 0.3) is 0 Å². The molecule has 0 aliphatic carbocycles. The van der Waals surface area contributed by atoms with E-state index in [9.17, 15) is 14.9 Å². The molecular formula is C13H10ClN3O4. The molecule has 0 unspecified atom stereocenters. The first-order chi connectivity index (χ1) is 10.1. The Morgan fingerprint density at radius 2 is 2.10 bits per heavy atom. The molecule has 0 radical (unpaired) electrons. The number of hydrogen-bond acceptors (Lipinski definition) is 5. The summed E-state index contributed by atoms with van der Waals surface area (Å²) in [6.07, 6.45) is 0.152. The van der Waals surface area contributed by atoms with E-state index in [1.807, 2.05) is 18.2 Å². The van der Waals surface area contributed by atoms with Crippen molar-refractivity contribution in [3.63, 3.8) is 0 Å². The molecule has 1 aromatic heterocycles. The van der Waals surface area contributed by atoms with Crippen molar-refractivity contribution in [3.05, 3.63) is 63.4 Å². The summed E-state index contributed by atoms with van der Waals surface area (Å²) in [7, 11) is 0. The highest BCUT2D eigenvalue weighted by Crippen LogP contribution is 2.25. The number of amides is 1. The Bertz CT molecular complexity index is 664. The predicted molar refractivity (Wildman–Crippen MR) is 76.2 cm³/mol. The Balaban J connectivity index is 2.02. The van der Waals surface area contributed by atoms with Crippen LogP contribution in [-0.2, 0) is 11.3 Å². The van der Waals surface area contributed by atoms with E-state index in [4.69, 9.17) is 16.3 Å². The maximum atomic E-state index is 11.7. The molecule has 0 aliphatic rings. The fourth-order valence-corrected chi connectivity index (χ4v) is 1.70. The van der Waals surface area contributed by atoms with E-state index >= 15 is 0 Å². The number of nitro groups is 1. The highest BCUT2D eigenvalue weighted by molar-refractivity contribution is 6.29. The van der Waals surface area contributed by atoms with E-state index in [-0.39, 0.29) is 23.1 Å². The third-order valence-corrected chi connectivity index (χ3v) is 2.70. The van der Waals surface area contributed by atoms with E-state index in [1.54, 1.807) is 12.1 Å². The fourth-order valence-electron chi connectivity index (χ4n) is 1.54. The lowest BCUT2D eigenvalue weighted by molar-refractivity contribution is -0.384.